The summed E-state index contributed by atoms with van der Waals surface area (Å²) in [6.07, 6.45) is 0. The van der Waals surface area contributed by atoms with Crippen LogP contribution in [0.4, 0.5) is 21.0 Å². The SMILES string of the molecule is Cc1nc(C)c(NC(=O)Sc2nc3ccccc3o2)cc1NC(=O)Sc1nc2ccccc2o1. The quantitative estimate of drug-likeness (QED) is 0.267. The molecule has 0 aliphatic heterocycles. The molecule has 170 valence electrons. The predicted octanol–water partition coefficient (Wildman–Crippen LogP) is 6.63. The molecule has 2 aromatic carbocycles. The first-order valence-corrected chi connectivity index (χ1v) is 11.7. The zero-order valence-electron chi connectivity index (χ0n) is 18.0. The summed E-state index contributed by atoms with van der Waals surface area (Å²) in [4.78, 5) is 38.1. The van der Waals surface area contributed by atoms with Crippen LogP contribution in [0.5, 0.6) is 0 Å². The Hall–Kier alpha value is -3.83. The molecule has 0 aliphatic rings. The average Bonchev–Trinajstić information content (AvgIpc) is 3.39. The van der Waals surface area contributed by atoms with Crippen molar-refractivity contribution in [1.82, 2.24) is 15.0 Å². The van der Waals surface area contributed by atoms with E-state index in [0.29, 0.717) is 45.0 Å². The van der Waals surface area contributed by atoms with Crippen LogP contribution in [0.1, 0.15) is 11.4 Å². The largest absolute Gasteiger partial charge is 0.431 e. The maximum atomic E-state index is 12.6. The van der Waals surface area contributed by atoms with Gasteiger partial charge >= 0.3 is 0 Å². The van der Waals surface area contributed by atoms with Crippen molar-refractivity contribution >= 4 is 67.6 Å². The van der Waals surface area contributed by atoms with Gasteiger partial charge in [0, 0.05) is 23.5 Å². The van der Waals surface area contributed by atoms with Crippen molar-refractivity contribution in [1.29, 1.82) is 0 Å². The number of aromatic nitrogens is 3. The maximum absolute atomic E-state index is 12.6. The lowest BCUT2D eigenvalue weighted by Crippen LogP contribution is -2.11. The molecule has 2 N–H and O–H groups in total. The van der Waals surface area contributed by atoms with E-state index in [1.54, 1.807) is 32.0 Å². The van der Waals surface area contributed by atoms with Crippen LogP contribution in [0.25, 0.3) is 22.2 Å². The van der Waals surface area contributed by atoms with Gasteiger partial charge in [-0.1, -0.05) is 24.3 Å². The van der Waals surface area contributed by atoms with Crippen molar-refractivity contribution in [3.63, 3.8) is 0 Å². The van der Waals surface area contributed by atoms with E-state index in [4.69, 9.17) is 8.83 Å². The number of anilines is 2. The maximum Gasteiger partial charge on any atom is 0.292 e. The summed E-state index contributed by atoms with van der Waals surface area (Å²) in [5.41, 5.74) is 4.68. The van der Waals surface area contributed by atoms with Crippen LogP contribution in [-0.4, -0.2) is 25.4 Å². The third-order valence-corrected chi connectivity index (χ3v) is 6.06. The Kier molecular flexibility index (Phi) is 5.95. The molecule has 9 nitrogen and oxygen atoms in total. The number of oxazole rings is 2. The summed E-state index contributed by atoms with van der Waals surface area (Å²) < 4.78 is 11.2. The fourth-order valence-electron chi connectivity index (χ4n) is 3.20. The number of hydrogen-bond acceptors (Lipinski definition) is 9. The summed E-state index contributed by atoms with van der Waals surface area (Å²) in [7, 11) is 0. The van der Waals surface area contributed by atoms with Gasteiger partial charge in [-0.2, -0.15) is 0 Å². The zero-order valence-corrected chi connectivity index (χ0v) is 19.6. The Bertz CT molecular complexity index is 1370. The smallest absolute Gasteiger partial charge is 0.292 e. The molecule has 0 saturated heterocycles. The minimum absolute atomic E-state index is 0.236. The highest BCUT2D eigenvalue weighted by molar-refractivity contribution is 8.14. The fraction of sp³-hybridized carbons (Fsp3) is 0.0870. The topological polar surface area (TPSA) is 123 Å². The van der Waals surface area contributed by atoms with Gasteiger partial charge in [0.25, 0.3) is 20.9 Å². The molecular formula is C23H17N5O4S2. The molecule has 0 saturated carbocycles. The van der Waals surface area contributed by atoms with Crippen LogP contribution in [-0.2, 0) is 0 Å². The van der Waals surface area contributed by atoms with Gasteiger partial charge in [0.2, 0.25) is 0 Å². The van der Waals surface area contributed by atoms with Gasteiger partial charge in [-0.05, 0) is 44.2 Å². The van der Waals surface area contributed by atoms with Crippen molar-refractivity contribution < 1.29 is 18.4 Å². The number of nitrogens with zero attached hydrogens (tertiary/aromatic N) is 3. The van der Waals surface area contributed by atoms with E-state index in [1.165, 1.54) is 0 Å². The molecule has 11 heteroatoms. The number of carbonyl (C=O) groups is 2. The van der Waals surface area contributed by atoms with Gasteiger partial charge in [-0.15, -0.1) is 0 Å². The molecule has 3 aromatic heterocycles. The molecule has 34 heavy (non-hydrogen) atoms. The van der Waals surface area contributed by atoms with E-state index in [1.807, 2.05) is 36.4 Å². The lowest BCUT2D eigenvalue weighted by molar-refractivity contribution is 0.269. The van der Waals surface area contributed by atoms with Crippen LogP contribution in [0, 0.1) is 13.8 Å². The van der Waals surface area contributed by atoms with E-state index in [-0.39, 0.29) is 10.4 Å². The Balaban J connectivity index is 1.27. The number of benzene rings is 2. The first kappa shape index (κ1) is 22.0. The molecule has 0 bridgehead atoms. The van der Waals surface area contributed by atoms with Gasteiger partial charge in [-0.3, -0.25) is 14.6 Å². The Morgan fingerprint density at radius 1 is 0.706 bits per heavy atom. The van der Waals surface area contributed by atoms with E-state index in [0.717, 1.165) is 23.5 Å². The third-order valence-electron chi connectivity index (χ3n) is 4.79. The van der Waals surface area contributed by atoms with Crippen LogP contribution in [0.3, 0.4) is 0 Å². The van der Waals surface area contributed by atoms with Crippen molar-refractivity contribution in [2.75, 3.05) is 10.6 Å². The number of carbonyl (C=O) groups excluding carboxylic acids is 2. The minimum Gasteiger partial charge on any atom is -0.431 e. The number of hydrogen-bond donors (Lipinski definition) is 2. The van der Waals surface area contributed by atoms with Crippen molar-refractivity contribution in [3.8, 4) is 0 Å². The van der Waals surface area contributed by atoms with Crippen LogP contribution < -0.4 is 10.6 Å². The summed E-state index contributed by atoms with van der Waals surface area (Å²) in [6.45, 7) is 3.54. The van der Waals surface area contributed by atoms with Crippen molar-refractivity contribution in [2.24, 2.45) is 0 Å². The first-order valence-electron chi connectivity index (χ1n) is 10.1. The number of nitrogens with one attached hydrogen (secondary N) is 2. The number of para-hydroxylation sites is 4. The molecule has 0 fully saturated rings. The van der Waals surface area contributed by atoms with Crippen molar-refractivity contribution in [3.05, 3.63) is 66.0 Å². The number of thioether (sulfide) groups is 2. The van der Waals surface area contributed by atoms with Gasteiger partial charge in [-0.25, -0.2) is 9.97 Å². The normalized spacial score (nSPS) is 11.1. The molecule has 0 spiro atoms. The summed E-state index contributed by atoms with van der Waals surface area (Å²) >= 11 is 1.67. The molecule has 2 amide bonds. The van der Waals surface area contributed by atoms with Gasteiger partial charge < -0.3 is 19.5 Å². The first-order chi connectivity index (χ1) is 16.4. The summed E-state index contributed by atoms with van der Waals surface area (Å²) in [6, 6.07) is 16.2. The Morgan fingerprint density at radius 2 is 1.15 bits per heavy atom. The van der Waals surface area contributed by atoms with Gasteiger partial charge in [0.15, 0.2) is 11.2 Å². The molecule has 0 unspecified atom stereocenters. The monoisotopic (exact) mass is 491 g/mol. The average molecular weight is 492 g/mol. The standard InChI is InChI=1S/C23H17N5O4S2/c1-12-16(25-20(29)33-22-27-14-7-3-5-9-18(14)31-22)11-17(13(2)24-12)26-21(30)34-23-28-15-8-4-6-10-19(15)32-23/h3-11H,1-2H3,(H,25,29)(H,26,30). The van der Waals surface area contributed by atoms with E-state index in [9.17, 15) is 9.59 Å². The number of rotatable bonds is 4. The van der Waals surface area contributed by atoms with Gasteiger partial charge in [0.1, 0.15) is 11.0 Å². The minimum atomic E-state index is -0.390. The number of aryl methyl sites for hydroxylation is 2. The van der Waals surface area contributed by atoms with Crippen LogP contribution >= 0.6 is 23.5 Å². The number of amides is 2. The zero-order chi connectivity index (χ0) is 23.7. The summed E-state index contributed by atoms with van der Waals surface area (Å²) in [5, 5.41) is 5.26. The van der Waals surface area contributed by atoms with E-state index < -0.39 is 10.5 Å². The molecule has 5 aromatic rings. The highest BCUT2D eigenvalue weighted by Gasteiger charge is 2.17. The van der Waals surface area contributed by atoms with Crippen molar-refractivity contribution in [2.45, 2.75) is 24.3 Å². The number of fused-ring (bicyclic) bond motifs is 2. The molecule has 3 heterocycles. The number of pyridine rings is 1. The van der Waals surface area contributed by atoms with E-state index in [2.05, 4.69) is 25.6 Å². The Morgan fingerprint density at radius 3 is 1.59 bits per heavy atom. The van der Waals surface area contributed by atoms with E-state index >= 15 is 0 Å². The van der Waals surface area contributed by atoms with Crippen LogP contribution in [0.15, 0.2) is 73.9 Å². The second-order valence-electron chi connectivity index (χ2n) is 7.18. The molecule has 0 atom stereocenters. The second-order valence-corrected chi connectivity index (χ2v) is 9.03. The lowest BCUT2D eigenvalue weighted by Gasteiger charge is -2.12. The molecular weight excluding hydrogens is 474 g/mol. The lowest BCUT2D eigenvalue weighted by atomic mass is 10.2. The predicted molar refractivity (Wildman–Crippen MR) is 131 cm³/mol. The highest BCUT2D eigenvalue weighted by Crippen LogP contribution is 2.29. The molecule has 0 aliphatic carbocycles. The van der Waals surface area contributed by atoms with Gasteiger partial charge in [0.05, 0.1) is 22.8 Å². The fourth-order valence-corrected chi connectivity index (χ4v) is 4.39. The molecule has 0 radical (unpaired) electrons. The van der Waals surface area contributed by atoms with Crippen LogP contribution in [0.2, 0.25) is 0 Å². The third kappa shape index (κ3) is 4.75. The molecule has 5 rings (SSSR count). The summed E-state index contributed by atoms with van der Waals surface area (Å²) in [5.74, 6) is 0. The second kappa shape index (κ2) is 9.20. The highest BCUT2D eigenvalue weighted by atomic mass is 32.2. The Labute approximate surface area is 201 Å².